The first-order chi connectivity index (χ1) is 16.7. The van der Waals surface area contributed by atoms with Gasteiger partial charge in [0.05, 0.1) is 17.6 Å². The first kappa shape index (κ1) is 24.6. The number of ether oxygens (including phenoxy) is 2. The molecule has 0 fully saturated rings. The Hall–Kier alpha value is -3.56. The first-order valence-corrected chi connectivity index (χ1v) is 13.0. The Morgan fingerprint density at radius 3 is 2.49 bits per heavy atom. The Morgan fingerprint density at radius 1 is 1.00 bits per heavy atom. The van der Waals surface area contributed by atoms with Crippen LogP contribution in [0.25, 0.3) is 0 Å². The van der Waals surface area contributed by atoms with Gasteiger partial charge in [-0.25, -0.2) is 8.42 Å². The fourth-order valence-corrected chi connectivity index (χ4v) is 4.81. The molecule has 0 bridgehead atoms. The number of ketones is 1. The fraction of sp³-hybridized carbons (Fsp3) is 0.200. The highest BCUT2D eigenvalue weighted by Crippen LogP contribution is 2.36. The second kappa shape index (κ2) is 10.4. The van der Waals surface area contributed by atoms with Gasteiger partial charge in [-0.2, -0.15) is 0 Å². The molecule has 0 unspecified atom stereocenters. The zero-order valence-corrected chi connectivity index (χ0v) is 20.4. The van der Waals surface area contributed by atoms with Crippen LogP contribution >= 0.6 is 11.6 Å². The number of halogens is 1. The summed E-state index contributed by atoms with van der Waals surface area (Å²) in [6, 6.07) is 18.2. The van der Waals surface area contributed by atoms with Crippen LogP contribution in [0.1, 0.15) is 28.8 Å². The van der Waals surface area contributed by atoms with E-state index in [-0.39, 0.29) is 43.4 Å². The summed E-state index contributed by atoms with van der Waals surface area (Å²) in [4.78, 5) is 25.6. The second-order valence-electron chi connectivity index (χ2n) is 7.91. The number of fused-ring (bicyclic) bond motifs is 1. The maximum absolute atomic E-state index is 12.9. The molecule has 0 saturated carbocycles. The van der Waals surface area contributed by atoms with Crippen molar-refractivity contribution in [2.75, 3.05) is 29.2 Å². The van der Waals surface area contributed by atoms with E-state index in [9.17, 15) is 18.0 Å². The molecule has 182 valence electrons. The van der Waals surface area contributed by atoms with Crippen molar-refractivity contribution >= 4 is 44.7 Å². The van der Waals surface area contributed by atoms with Gasteiger partial charge in [-0.05, 0) is 36.8 Å². The summed E-state index contributed by atoms with van der Waals surface area (Å²) in [6.45, 7) is 0.166. The Bertz CT molecular complexity index is 1360. The van der Waals surface area contributed by atoms with Crippen molar-refractivity contribution in [3.8, 4) is 11.5 Å². The van der Waals surface area contributed by atoms with Crippen LogP contribution < -0.4 is 19.1 Å². The monoisotopic (exact) mass is 514 g/mol. The van der Waals surface area contributed by atoms with E-state index < -0.39 is 10.0 Å². The predicted octanol–water partition coefficient (Wildman–Crippen LogP) is 4.48. The molecule has 0 spiro atoms. The number of amides is 1. The molecular formula is C25H23ClN2O6S. The van der Waals surface area contributed by atoms with Crippen LogP contribution in [0, 0.1) is 0 Å². The normalized spacial score (nSPS) is 12.3. The number of nitrogens with zero attached hydrogens (tertiary/aromatic N) is 1. The third-order valence-corrected chi connectivity index (χ3v) is 6.77. The quantitative estimate of drug-likeness (QED) is 0.422. The smallest absolute Gasteiger partial charge is 0.232 e. The highest BCUT2D eigenvalue weighted by atomic mass is 35.5. The SMILES string of the molecule is CS(=O)(=O)N(CCCC(=O)Nc1ccc(Cl)cc1C(=O)c1ccccc1)c1ccc2c(c1)OCO2. The standard InChI is InChI=1S/C25H23ClN2O6S/c1-35(31,32)28(19-10-12-22-23(15-19)34-16-33-22)13-5-8-24(29)27-21-11-9-18(26)14-20(21)25(30)17-6-3-2-4-7-17/h2-4,6-7,9-12,14-15H,5,8,13,16H2,1H3,(H,27,29). The van der Waals surface area contributed by atoms with E-state index in [1.807, 2.05) is 0 Å². The lowest BCUT2D eigenvalue weighted by atomic mass is 10.0. The Labute approximate surface area is 208 Å². The van der Waals surface area contributed by atoms with Crippen molar-refractivity contribution in [3.63, 3.8) is 0 Å². The van der Waals surface area contributed by atoms with Gasteiger partial charge in [0.1, 0.15) is 0 Å². The van der Waals surface area contributed by atoms with E-state index in [1.54, 1.807) is 60.7 Å². The van der Waals surface area contributed by atoms with E-state index in [0.29, 0.717) is 33.5 Å². The number of carbonyl (C=O) groups excluding carboxylic acids is 2. The Kier molecular flexibility index (Phi) is 7.28. The minimum Gasteiger partial charge on any atom is -0.454 e. The van der Waals surface area contributed by atoms with Gasteiger partial charge in [-0.15, -0.1) is 0 Å². The molecule has 0 aromatic heterocycles. The molecule has 10 heteroatoms. The van der Waals surface area contributed by atoms with Crippen molar-refractivity contribution < 1.29 is 27.5 Å². The second-order valence-corrected chi connectivity index (χ2v) is 10.3. The molecule has 4 rings (SSSR count). The molecule has 8 nitrogen and oxygen atoms in total. The molecule has 0 aliphatic carbocycles. The van der Waals surface area contributed by atoms with Gasteiger partial charge in [-0.3, -0.25) is 13.9 Å². The van der Waals surface area contributed by atoms with Crippen molar-refractivity contribution in [2.24, 2.45) is 0 Å². The predicted molar refractivity (Wildman–Crippen MR) is 134 cm³/mol. The van der Waals surface area contributed by atoms with Gasteiger partial charge in [-0.1, -0.05) is 41.9 Å². The number of nitrogens with one attached hydrogen (secondary N) is 1. The molecule has 1 heterocycles. The number of anilines is 2. The van der Waals surface area contributed by atoms with Gasteiger partial charge in [0.15, 0.2) is 17.3 Å². The number of hydrogen-bond donors (Lipinski definition) is 1. The summed E-state index contributed by atoms with van der Waals surface area (Å²) < 4.78 is 36.6. The first-order valence-electron chi connectivity index (χ1n) is 10.8. The molecule has 1 amide bonds. The Balaban J connectivity index is 1.43. The molecule has 0 radical (unpaired) electrons. The summed E-state index contributed by atoms with van der Waals surface area (Å²) in [7, 11) is -3.60. The molecular weight excluding hydrogens is 492 g/mol. The molecule has 0 saturated heterocycles. The summed E-state index contributed by atoms with van der Waals surface area (Å²) in [5.41, 5.74) is 1.50. The maximum atomic E-state index is 12.9. The van der Waals surface area contributed by atoms with Crippen molar-refractivity contribution in [1.29, 1.82) is 0 Å². The molecule has 35 heavy (non-hydrogen) atoms. The van der Waals surface area contributed by atoms with Crippen LogP contribution in [0.5, 0.6) is 11.5 Å². The number of benzene rings is 3. The van der Waals surface area contributed by atoms with Crippen molar-refractivity contribution in [1.82, 2.24) is 0 Å². The summed E-state index contributed by atoms with van der Waals surface area (Å²) in [6.07, 6.45) is 1.40. The van der Waals surface area contributed by atoms with E-state index in [1.165, 1.54) is 10.4 Å². The molecule has 1 N–H and O–H groups in total. The average molecular weight is 515 g/mol. The number of sulfonamides is 1. The zero-order chi connectivity index (χ0) is 25.0. The molecule has 0 atom stereocenters. The van der Waals surface area contributed by atoms with Gasteiger partial charge >= 0.3 is 0 Å². The summed E-state index contributed by atoms with van der Waals surface area (Å²) >= 11 is 6.10. The molecule has 3 aromatic carbocycles. The zero-order valence-electron chi connectivity index (χ0n) is 18.9. The van der Waals surface area contributed by atoms with Gasteiger partial charge in [0.25, 0.3) is 0 Å². The minimum atomic E-state index is -3.60. The van der Waals surface area contributed by atoms with Crippen LogP contribution in [0.3, 0.4) is 0 Å². The largest absolute Gasteiger partial charge is 0.454 e. The summed E-state index contributed by atoms with van der Waals surface area (Å²) in [5.74, 6) is 0.390. The number of hydrogen-bond acceptors (Lipinski definition) is 6. The fourth-order valence-electron chi connectivity index (χ4n) is 3.68. The highest BCUT2D eigenvalue weighted by Gasteiger charge is 2.22. The van der Waals surface area contributed by atoms with E-state index in [0.717, 1.165) is 6.26 Å². The summed E-state index contributed by atoms with van der Waals surface area (Å²) in [5, 5.41) is 3.12. The lowest BCUT2D eigenvalue weighted by Crippen LogP contribution is -2.31. The van der Waals surface area contributed by atoms with E-state index in [2.05, 4.69) is 5.32 Å². The van der Waals surface area contributed by atoms with Gasteiger partial charge < -0.3 is 14.8 Å². The third kappa shape index (κ3) is 5.93. The highest BCUT2D eigenvalue weighted by molar-refractivity contribution is 7.92. The average Bonchev–Trinajstić information content (AvgIpc) is 3.30. The minimum absolute atomic E-state index is 0.0398. The number of carbonyl (C=O) groups is 2. The lowest BCUT2D eigenvalue weighted by molar-refractivity contribution is -0.116. The topological polar surface area (TPSA) is 102 Å². The molecule has 3 aromatic rings. The van der Waals surface area contributed by atoms with E-state index in [4.69, 9.17) is 21.1 Å². The van der Waals surface area contributed by atoms with Gasteiger partial charge in [0, 0.05) is 35.2 Å². The molecule has 1 aliphatic heterocycles. The Morgan fingerprint density at radius 2 is 1.74 bits per heavy atom. The van der Waals surface area contributed by atoms with Crippen LogP contribution in [0.4, 0.5) is 11.4 Å². The van der Waals surface area contributed by atoms with Crippen LogP contribution in [0.2, 0.25) is 5.02 Å². The number of rotatable bonds is 9. The van der Waals surface area contributed by atoms with Crippen LogP contribution in [-0.4, -0.2) is 39.7 Å². The van der Waals surface area contributed by atoms with Crippen LogP contribution in [-0.2, 0) is 14.8 Å². The van der Waals surface area contributed by atoms with Crippen LogP contribution in [0.15, 0.2) is 66.7 Å². The third-order valence-electron chi connectivity index (χ3n) is 5.35. The van der Waals surface area contributed by atoms with Gasteiger partial charge in [0.2, 0.25) is 22.7 Å². The van der Waals surface area contributed by atoms with E-state index >= 15 is 0 Å². The van der Waals surface area contributed by atoms with Crippen molar-refractivity contribution in [2.45, 2.75) is 12.8 Å². The maximum Gasteiger partial charge on any atom is 0.232 e. The lowest BCUT2D eigenvalue weighted by Gasteiger charge is -2.22. The molecule has 1 aliphatic rings. The van der Waals surface area contributed by atoms with Crippen molar-refractivity contribution in [3.05, 3.63) is 82.9 Å².